The predicted molar refractivity (Wildman–Crippen MR) is 57.8 cm³/mol. The summed E-state index contributed by atoms with van der Waals surface area (Å²) >= 11 is 0.573. The third-order valence-corrected chi connectivity index (χ3v) is 3.49. The van der Waals surface area contributed by atoms with Gasteiger partial charge in [-0.15, -0.1) is 21.5 Å². The van der Waals surface area contributed by atoms with Crippen molar-refractivity contribution in [2.45, 2.75) is 19.3 Å². The molecule has 5 nitrogen and oxygen atoms in total. The molecule has 18 heavy (non-hydrogen) atoms. The van der Waals surface area contributed by atoms with Crippen LogP contribution in [0.3, 0.4) is 0 Å². The minimum absolute atomic E-state index is 0.230. The molecule has 96 valence electrons. The highest BCUT2D eigenvalue weighted by Crippen LogP contribution is 2.33. The van der Waals surface area contributed by atoms with E-state index in [-0.39, 0.29) is 5.69 Å². The van der Waals surface area contributed by atoms with Crippen LogP contribution in [0.2, 0.25) is 0 Å². The van der Waals surface area contributed by atoms with Crippen molar-refractivity contribution in [1.82, 2.24) is 25.1 Å². The number of alkyl halides is 3. The number of nitrogens with one attached hydrogen (secondary N) is 1. The molecule has 2 aromatic heterocycles. The smallest absolute Gasteiger partial charge is 0.308 e. The Morgan fingerprint density at radius 1 is 1.33 bits per heavy atom. The summed E-state index contributed by atoms with van der Waals surface area (Å²) in [4.78, 5) is 3.58. The summed E-state index contributed by atoms with van der Waals surface area (Å²) in [5, 5.41) is 11.5. The van der Waals surface area contributed by atoms with Crippen molar-refractivity contribution in [3.63, 3.8) is 0 Å². The highest BCUT2D eigenvalue weighted by Gasteiger charge is 2.35. The van der Waals surface area contributed by atoms with E-state index in [0.717, 1.165) is 12.4 Å². The first-order valence-electron chi connectivity index (χ1n) is 5.21. The van der Waals surface area contributed by atoms with E-state index < -0.39 is 11.2 Å². The summed E-state index contributed by atoms with van der Waals surface area (Å²) in [7, 11) is 0. The van der Waals surface area contributed by atoms with Crippen molar-refractivity contribution in [2.75, 3.05) is 6.54 Å². The molecule has 1 aliphatic heterocycles. The van der Waals surface area contributed by atoms with Gasteiger partial charge < -0.3 is 9.88 Å². The van der Waals surface area contributed by atoms with Crippen LogP contribution in [0.15, 0.2) is 5.38 Å². The summed E-state index contributed by atoms with van der Waals surface area (Å²) in [6.07, 6.45) is -4.41. The Morgan fingerprint density at radius 2 is 2.17 bits per heavy atom. The largest absolute Gasteiger partial charge is 0.443 e. The highest BCUT2D eigenvalue weighted by atomic mass is 32.1. The van der Waals surface area contributed by atoms with E-state index in [0.29, 0.717) is 30.3 Å². The normalized spacial score (nSPS) is 15.7. The maximum Gasteiger partial charge on any atom is 0.443 e. The van der Waals surface area contributed by atoms with Gasteiger partial charge in [0.25, 0.3) is 0 Å². The lowest BCUT2D eigenvalue weighted by atomic mass is 10.4. The fraction of sp³-hybridized carbons (Fsp3) is 0.444. The van der Waals surface area contributed by atoms with E-state index in [1.54, 1.807) is 4.57 Å². The molecule has 0 bridgehead atoms. The lowest BCUT2D eigenvalue weighted by Gasteiger charge is -2.15. The molecule has 3 heterocycles. The zero-order valence-corrected chi connectivity index (χ0v) is 9.85. The number of nitrogens with zero attached hydrogens (tertiary/aromatic N) is 4. The summed E-state index contributed by atoms with van der Waals surface area (Å²) in [6, 6.07) is 0. The van der Waals surface area contributed by atoms with Gasteiger partial charge in [-0.2, -0.15) is 13.2 Å². The first-order valence-corrected chi connectivity index (χ1v) is 6.09. The molecule has 0 radical (unpaired) electrons. The Kier molecular flexibility index (Phi) is 2.59. The van der Waals surface area contributed by atoms with Crippen LogP contribution < -0.4 is 5.32 Å². The third-order valence-electron chi connectivity index (χ3n) is 2.60. The van der Waals surface area contributed by atoms with Crippen molar-refractivity contribution >= 4 is 11.3 Å². The van der Waals surface area contributed by atoms with E-state index >= 15 is 0 Å². The Hall–Kier alpha value is -1.48. The van der Waals surface area contributed by atoms with Gasteiger partial charge in [0.15, 0.2) is 10.8 Å². The van der Waals surface area contributed by atoms with Gasteiger partial charge in [-0.05, 0) is 0 Å². The molecule has 0 fully saturated rings. The maximum atomic E-state index is 12.5. The Bertz CT molecular complexity index is 573. The Morgan fingerprint density at radius 3 is 2.89 bits per heavy atom. The zero-order valence-electron chi connectivity index (χ0n) is 9.03. The first-order chi connectivity index (χ1) is 8.55. The molecule has 0 saturated heterocycles. The number of rotatable bonds is 1. The lowest BCUT2D eigenvalue weighted by molar-refractivity contribution is -0.137. The molecular weight excluding hydrogens is 267 g/mol. The van der Waals surface area contributed by atoms with E-state index in [1.807, 2.05) is 0 Å². The van der Waals surface area contributed by atoms with Gasteiger partial charge >= 0.3 is 6.18 Å². The van der Waals surface area contributed by atoms with E-state index in [9.17, 15) is 13.2 Å². The monoisotopic (exact) mass is 275 g/mol. The average Bonchev–Trinajstić information content (AvgIpc) is 2.94. The van der Waals surface area contributed by atoms with Crippen LogP contribution in [0, 0.1) is 0 Å². The molecule has 9 heteroatoms. The van der Waals surface area contributed by atoms with Crippen LogP contribution in [0.1, 0.15) is 10.8 Å². The van der Waals surface area contributed by atoms with Gasteiger partial charge in [0, 0.05) is 18.5 Å². The van der Waals surface area contributed by atoms with Crippen molar-refractivity contribution in [3.8, 4) is 11.5 Å². The number of thiazole rings is 1. The second-order valence-electron chi connectivity index (χ2n) is 3.80. The van der Waals surface area contributed by atoms with E-state index in [4.69, 9.17) is 0 Å². The minimum Gasteiger partial charge on any atom is -0.308 e. The number of hydrogen-bond acceptors (Lipinski definition) is 5. The van der Waals surface area contributed by atoms with Crippen LogP contribution >= 0.6 is 11.3 Å². The molecule has 0 aliphatic carbocycles. The van der Waals surface area contributed by atoms with Crippen LogP contribution in [0.25, 0.3) is 11.5 Å². The van der Waals surface area contributed by atoms with Crippen LogP contribution in [-0.2, 0) is 19.3 Å². The molecule has 1 aliphatic rings. The Labute approximate surface area is 104 Å². The number of halogens is 3. The van der Waals surface area contributed by atoms with Crippen molar-refractivity contribution in [2.24, 2.45) is 0 Å². The quantitative estimate of drug-likeness (QED) is 0.857. The van der Waals surface area contributed by atoms with Crippen LogP contribution in [0.5, 0.6) is 0 Å². The van der Waals surface area contributed by atoms with E-state index in [2.05, 4.69) is 20.5 Å². The molecule has 1 N–H and O–H groups in total. The predicted octanol–water partition coefficient (Wildman–Crippen LogP) is 1.52. The molecule has 0 saturated carbocycles. The van der Waals surface area contributed by atoms with Gasteiger partial charge in [-0.1, -0.05) is 0 Å². The molecule has 0 atom stereocenters. The second-order valence-corrected chi connectivity index (χ2v) is 4.66. The van der Waals surface area contributed by atoms with Gasteiger partial charge in [-0.25, -0.2) is 4.98 Å². The Balaban J connectivity index is 2.00. The number of hydrogen-bond donors (Lipinski definition) is 1. The summed E-state index contributed by atoms with van der Waals surface area (Å²) < 4.78 is 39.2. The topological polar surface area (TPSA) is 55.6 Å². The second kappa shape index (κ2) is 4.02. The highest BCUT2D eigenvalue weighted by molar-refractivity contribution is 7.10. The molecule has 3 rings (SSSR count). The average molecular weight is 275 g/mol. The summed E-state index contributed by atoms with van der Waals surface area (Å²) in [6.45, 7) is 1.95. The number of fused-ring (bicyclic) bond motifs is 1. The molecule has 0 unspecified atom stereocenters. The van der Waals surface area contributed by atoms with Crippen molar-refractivity contribution < 1.29 is 13.2 Å². The zero-order chi connectivity index (χ0) is 12.8. The third kappa shape index (κ3) is 1.89. The molecule has 2 aromatic rings. The van der Waals surface area contributed by atoms with Crippen molar-refractivity contribution in [3.05, 3.63) is 16.2 Å². The van der Waals surface area contributed by atoms with Crippen LogP contribution in [-0.4, -0.2) is 26.3 Å². The van der Waals surface area contributed by atoms with E-state index in [1.165, 1.54) is 5.38 Å². The molecular formula is C9H8F3N5S. The summed E-state index contributed by atoms with van der Waals surface area (Å²) in [5.74, 6) is 1.12. The molecule has 0 amide bonds. The van der Waals surface area contributed by atoms with Gasteiger partial charge in [0.2, 0.25) is 0 Å². The van der Waals surface area contributed by atoms with Gasteiger partial charge in [0.05, 0.1) is 6.54 Å². The van der Waals surface area contributed by atoms with Crippen molar-refractivity contribution in [1.29, 1.82) is 0 Å². The first kappa shape index (κ1) is 11.6. The fourth-order valence-corrected chi connectivity index (χ4v) is 2.45. The molecule has 0 aromatic carbocycles. The number of aromatic nitrogens is 4. The molecule has 0 spiro atoms. The standard InChI is InChI=1S/C9H8F3N5S/c10-9(11,12)8-14-5(4-18-8)7-16-15-6-3-13-1-2-17(6)7/h4,13H,1-3H2. The summed E-state index contributed by atoms with van der Waals surface area (Å²) in [5.41, 5.74) is 0.230. The lowest BCUT2D eigenvalue weighted by Crippen LogP contribution is -2.28. The van der Waals surface area contributed by atoms with Crippen LogP contribution in [0.4, 0.5) is 13.2 Å². The van der Waals surface area contributed by atoms with Gasteiger partial charge in [-0.3, -0.25) is 0 Å². The van der Waals surface area contributed by atoms with Gasteiger partial charge in [0.1, 0.15) is 11.5 Å². The minimum atomic E-state index is -4.41. The SMILES string of the molecule is FC(F)(F)c1nc(-c2nnc3n2CCNC3)cs1. The maximum absolute atomic E-state index is 12.5. The fourth-order valence-electron chi connectivity index (χ4n) is 1.79.